The van der Waals surface area contributed by atoms with E-state index in [9.17, 15) is 9.59 Å². The zero-order chi connectivity index (χ0) is 18.8. The van der Waals surface area contributed by atoms with Crippen LogP contribution in [-0.2, 0) is 11.3 Å². The van der Waals surface area contributed by atoms with Gasteiger partial charge in [0.2, 0.25) is 5.91 Å². The minimum Gasteiger partial charge on any atom is -0.380 e. The third kappa shape index (κ3) is 3.88. The van der Waals surface area contributed by atoms with Gasteiger partial charge < -0.3 is 10.2 Å². The first kappa shape index (κ1) is 17.7. The zero-order valence-corrected chi connectivity index (χ0v) is 16.2. The molecule has 1 atom stereocenters. The molecule has 1 amide bonds. The van der Waals surface area contributed by atoms with Crippen molar-refractivity contribution in [2.24, 2.45) is 0 Å². The van der Waals surface area contributed by atoms with Crippen LogP contribution in [0.3, 0.4) is 0 Å². The van der Waals surface area contributed by atoms with Crippen LogP contribution < -0.4 is 10.9 Å². The molecule has 1 fully saturated rings. The molecule has 1 aromatic heterocycles. The Morgan fingerprint density at radius 3 is 2.85 bits per heavy atom. The molecule has 6 nitrogen and oxygen atoms in total. The van der Waals surface area contributed by atoms with Crippen molar-refractivity contribution in [2.75, 3.05) is 18.4 Å². The van der Waals surface area contributed by atoms with Crippen molar-refractivity contribution in [3.63, 3.8) is 0 Å². The number of hydrogen-bond acceptors (Lipinski definition) is 4. The summed E-state index contributed by atoms with van der Waals surface area (Å²) in [5.41, 5.74) is 1.48. The van der Waals surface area contributed by atoms with Gasteiger partial charge >= 0.3 is 0 Å². The van der Waals surface area contributed by atoms with Gasteiger partial charge in [0, 0.05) is 29.3 Å². The first-order chi connectivity index (χ1) is 13.1. The monoisotopic (exact) mass is 426 g/mol. The van der Waals surface area contributed by atoms with Crippen LogP contribution in [0.5, 0.6) is 0 Å². The fraction of sp³-hybridized carbons (Fsp3) is 0.250. The average molecular weight is 427 g/mol. The van der Waals surface area contributed by atoms with Crippen LogP contribution in [0.2, 0.25) is 0 Å². The van der Waals surface area contributed by atoms with Crippen LogP contribution in [0.4, 0.5) is 5.69 Å². The molecule has 1 N–H and O–H groups in total. The molecule has 0 spiro atoms. The lowest BCUT2D eigenvalue weighted by Gasteiger charge is -2.18. The molecule has 3 aromatic rings. The summed E-state index contributed by atoms with van der Waals surface area (Å²) in [7, 11) is 0. The third-order valence-corrected chi connectivity index (χ3v) is 5.27. The first-order valence-electron chi connectivity index (χ1n) is 8.84. The molecule has 0 saturated carbocycles. The number of carbonyl (C=O) groups is 1. The normalized spacial score (nSPS) is 16.6. The quantitative estimate of drug-likeness (QED) is 0.696. The molecule has 2 aromatic carbocycles. The number of hydrogen-bond donors (Lipinski definition) is 1. The Labute approximate surface area is 165 Å². The Morgan fingerprint density at radius 1 is 1.22 bits per heavy atom. The van der Waals surface area contributed by atoms with Crippen molar-refractivity contribution in [3.05, 3.63) is 69.7 Å². The summed E-state index contributed by atoms with van der Waals surface area (Å²) in [6.07, 6.45) is 2.34. The molecule has 4 rings (SSSR count). The van der Waals surface area contributed by atoms with Gasteiger partial charge in [-0.15, -0.1) is 0 Å². The van der Waals surface area contributed by atoms with Gasteiger partial charge in [-0.25, -0.2) is 4.98 Å². The van der Waals surface area contributed by atoms with Crippen molar-refractivity contribution < 1.29 is 4.79 Å². The minimum absolute atomic E-state index is 0.00629. The number of amides is 1. The lowest BCUT2D eigenvalue weighted by molar-refractivity contribution is -0.130. The molecule has 138 valence electrons. The number of nitrogens with zero attached hydrogens (tertiary/aromatic N) is 3. The molecule has 2 heterocycles. The Bertz CT molecular complexity index is 1040. The van der Waals surface area contributed by atoms with Crippen molar-refractivity contribution in [3.8, 4) is 0 Å². The van der Waals surface area contributed by atoms with Crippen molar-refractivity contribution >= 4 is 38.4 Å². The molecule has 1 aliphatic heterocycles. The highest BCUT2D eigenvalue weighted by Crippen LogP contribution is 2.17. The predicted octanol–water partition coefficient (Wildman–Crippen LogP) is 2.87. The Morgan fingerprint density at radius 2 is 2.04 bits per heavy atom. The maximum Gasteiger partial charge on any atom is 0.261 e. The number of halogens is 1. The number of carbonyl (C=O) groups excluding carboxylic acids is 1. The fourth-order valence-corrected chi connectivity index (χ4v) is 3.73. The number of benzene rings is 2. The van der Waals surface area contributed by atoms with Crippen LogP contribution in [0.1, 0.15) is 6.42 Å². The summed E-state index contributed by atoms with van der Waals surface area (Å²) >= 11 is 3.37. The van der Waals surface area contributed by atoms with Crippen LogP contribution >= 0.6 is 15.9 Å². The maximum absolute atomic E-state index is 12.7. The summed E-state index contributed by atoms with van der Waals surface area (Å²) in [6.45, 7) is 1.33. The van der Waals surface area contributed by atoms with Crippen molar-refractivity contribution in [2.45, 2.75) is 19.0 Å². The smallest absolute Gasteiger partial charge is 0.261 e. The second-order valence-electron chi connectivity index (χ2n) is 6.67. The summed E-state index contributed by atoms with van der Waals surface area (Å²) in [5.74, 6) is -0.0643. The third-order valence-electron chi connectivity index (χ3n) is 4.78. The summed E-state index contributed by atoms with van der Waals surface area (Å²) in [5, 5.41) is 3.96. The lowest BCUT2D eigenvalue weighted by atomic mass is 10.2. The second-order valence-corrected chi connectivity index (χ2v) is 7.59. The van der Waals surface area contributed by atoms with Gasteiger partial charge in [-0.1, -0.05) is 34.1 Å². The number of anilines is 1. The zero-order valence-electron chi connectivity index (χ0n) is 14.6. The van der Waals surface area contributed by atoms with Crippen LogP contribution in [0.15, 0.2) is 64.1 Å². The molecule has 27 heavy (non-hydrogen) atoms. The average Bonchev–Trinajstić information content (AvgIpc) is 3.14. The summed E-state index contributed by atoms with van der Waals surface area (Å²) in [6, 6.07) is 15.6. The van der Waals surface area contributed by atoms with Crippen molar-refractivity contribution in [1.82, 2.24) is 14.5 Å². The van der Waals surface area contributed by atoms with E-state index in [0.29, 0.717) is 24.0 Å². The van der Waals surface area contributed by atoms with Gasteiger partial charge in [-0.05, 0) is 36.8 Å². The van der Waals surface area contributed by atoms with E-state index < -0.39 is 0 Å². The van der Waals surface area contributed by atoms with E-state index in [1.54, 1.807) is 17.0 Å². The number of para-hydroxylation sites is 1. The standard InChI is InChI=1S/C20H19BrN4O2/c21-14-6-7-18-17(10-14)20(27)25(13-22-18)12-19(26)24-9-8-16(11-24)23-15-4-2-1-3-5-15/h1-7,10,13,16,23H,8-9,11-12H2. The van der Waals surface area contributed by atoms with Crippen LogP contribution in [0.25, 0.3) is 10.9 Å². The molecule has 0 bridgehead atoms. The predicted molar refractivity (Wildman–Crippen MR) is 109 cm³/mol. The Kier molecular flexibility index (Phi) is 4.94. The van der Waals surface area contributed by atoms with E-state index in [1.165, 1.54) is 10.9 Å². The molecule has 0 radical (unpaired) electrons. The lowest BCUT2D eigenvalue weighted by Crippen LogP contribution is -2.36. The largest absolute Gasteiger partial charge is 0.380 e. The van der Waals surface area contributed by atoms with Gasteiger partial charge in [0.1, 0.15) is 6.54 Å². The van der Waals surface area contributed by atoms with Gasteiger partial charge in [0.05, 0.1) is 17.2 Å². The highest BCUT2D eigenvalue weighted by atomic mass is 79.9. The van der Waals surface area contributed by atoms with Gasteiger partial charge in [0.25, 0.3) is 5.56 Å². The molecule has 1 unspecified atom stereocenters. The fourth-order valence-electron chi connectivity index (χ4n) is 3.36. The highest BCUT2D eigenvalue weighted by Gasteiger charge is 2.26. The minimum atomic E-state index is -0.201. The van der Waals surface area contributed by atoms with E-state index >= 15 is 0 Å². The molecule has 1 aliphatic rings. The number of rotatable bonds is 4. The van der Waals surface area contributed by atoms with Gasteiger partial charge in [-0.3, -0.25) is 14.2 Å². The number of likely N-dealkylation sites (tertiary alicyclic amines) is 1. The maximum atomic E-state index is 12.7. The van der Waals surface area contributed by atoms with Gasteiger partial charge in [-0.2, -0.15) is 0 Å². The Hall–Kier alpha value is -2.67. The molecule has 7 heteroatoms. The van der Waals surface area contributed by atoms with E-state index in [-0.39, 0.29) is 24.1 Å². The highest BCUT2D eigenvalue weighted by molar-refractivity contribution is 9.10. The van der Waals surface area contributed by atoms with E-state index in [4.69, 9.17) is 0 Å². The molecule has 0 aliphatic carbocycles. The topological polar surface area (TPSA) is 67.2 Å². The van der Waals surface area contributed by atoms with Crippen LogP contribution in [0, 0.1) is 0 Å². The number of fused-ring (bicyclic) bond motifs is 1. The first-order valence-corrected chi connectivity index (χ1v) is 9.63. The summed E-state index contributed by atoms with van der Waals surface area (Å²) in [4.78, 5) is 31.4. The van der Waals surface area contributed by atoms with E-state index in [2.05, 4.69) is 26.2 Å². The number of nitrogens with one attached hydrogen (secondary N) is 1. The SMILES string of the molecule is O=C(Cn1cnc2ccc(Br)cc2c1=O)N1CCC(Nc2ccccc2)C1. The summed E-state index contributed by atoms with van der Waals surface area (Å²) < 4.78 is 2.20. The van der Waals surface area contributed by atoms with Crippen molar-refractivity contribution in [1.29, 1.82) is 0 Å². The van der Waals surface area contributed by atoms with E-state index in [1.807, 2.05) is 36.4 Å². The van der Waals surface area contributed by atoms with E-state index in [0.717, 1.165) is 16.6 Å². The number of aromatic nitrogens is 2. The van der Waals surface area contributed by atoms with Gasteiger partial charge in [0.15, 0.2) is 0 Å². The molecular formula is C20H19BrN4O2. The molecule has 1 saturated heterocycles. The Balaban J connectivity index is 1.44. The molecular weight excluding hydrogens is 408 g/mol. The second kappa shape index (κ2) is 7.52. The van der Waals surface area contributed by atoms with Crippen LogP contribution in [-0.4, -0.2) is 39.5 Å².